The van der Waals surface area contributed by atoms with E-state index in [1.54, 1.807) is 4.72 Å². The summed E-state index contributed by atoms with van der Waals surface area (Å²) in [5.41, 5.74) is 0.713. The average molecular weight is 1010 g/mol. The maximum absolute atomic E-state index is 14.2. The van der Waals surface area contributed by atoms with Crippen LogP contribution in [0, 0.1) is 5.92 Å². The Balaban J connectivity index is 1.66. The van der Waals surface area contributed by atoms with E-state index in [1.807, 2.05) is 0 Å². The number of carbonyl (C=O) groups excluding carboxylic acids is 8. The molecular weight excluding hydrogens is 937 g/mol. The number of likely N-dealkylation sites (N-methyl/N-ethyl adjacent to an activating group) is 2. The summed E-state index contributed by atoms with van der Waals surface area (Å²) in [7, 11) is -1.17. The molecule has 0 aliphatic carbocycles. The third-order valence-corrected chi connectivity index (χ3v) is 13.4. The Morgan fingerprint density at radius 1 is 0.775 bits per heavy atom. The molecule has 5 atom stereocenters. The largest absolute Gasteiger partial charge is 0.507 e. The highest BCUT2D eigenvalue weighted by Gasteiger charge is 2.34. The second-order valence-corrected chi connectivity index (χ2v) is 20.5. The number of aromatic hydroxyl groups is 2. The molecule has 2 aromatic rings. The van der Waals surface area contributed by atoms with Crippen LogP contribution in [0.4, 0.5) is 0 Å². The number of amides is 6. The van der Waals surface area contributed by atoms with Crippen molar-refractivity contribution < 1.29 is 62.1 Å². The minimum Gasteiger partial charge on any atom is -0.507 e. The monoisotopic (exact) mass is 1010 g/mol. The number of benzene rings is 2. The van der Waals surface area contributed by atoms with E-state index in [-0.39, 0.29) is 53.4 Å². The number of nitrogens with zero attached hydrogens (tertiary/aromatic N) is 2. The van der Waals surface area contributed by atoms with E-state index in [9.17, 15) is 62.1 Å². The third kappa shape index (κ3) is 19.7. The third-order valence-electron chi connectivity index (χ3n) is 12.8. The Hall–Kier alpha value is -5.89. The van der Waals surface area contributed by atoms with E-state index in [0.717, 1.165) is 30.4 Å². The van der Waals surface area contributed by atoms with Crippen LogP contribution in [0.2, 0.25) is 0 Å². The number of phenols is 2. The SMILES string of the molecule is CCCCCCCCCCCCCCCC(=O)N(C)[C@H](CO)C(=O)N[C@H](C)C(=O)CCC(=O)N(C)[C@@H]1C(=O)C[C@@H](C)C(=O)N[C@H](C(=O)NCC(=O)NS(C)(=O)=O)Cc2ccc(O)c(c2)-c2cc1ccc2O. The van der Waals surface area contributed by atoms with Gasteiger partial charge >= 0.3 is 0 Å². The fourth-order valence-corrected chi connectivity index (χ4v) is 8.96. The molecule has 19 nitrogen and oxygen atoms in total. The Kier molecular flexibility index (Phi) is 24.6. The molecule has 4 bridgehead atoms. The molecule has 1 aliphatic rings. The second kappa shape index (κ2) is 29.5. The zero-order valence-corrected chi connectivity index (χ0v) is 43.0. The number of nitrogens with one attached hydrogen (secondary N) is 4. The van der Waals surface area contributed by atoms with Gasteiger partial charge in [-0.15, -0.1) is 0 Å². The molecule has 1 heterocycles. The summed E-state index contributed by atoms with van der Waals surface area (Å²) in [5, 5.41) is 39.5. The van der Waals surface area contributed by atoms with Gasteiger partial charge in [-0.05, 0) is 48.7 Å². The molecule has 20 heteroatoms. The first-order valence-corrected chi connectivity index (χ1v) is 26.7. The molecule has 0 aromatic heterocycles. The normalized spacial score (nSPS) is 16.9. The molecule has 6 amide bonds. The van der Waals surface area contributed by atoms with Crippen LogP contribution in [0.3, 0.4) is 0 Å². The Morgan fingerprint density at radius 3 is 1.92 bits per heavy atom. The van der Waals surface area contributed by atoms with Crippen molar-refractivity contribution in [2.24, 2.45) is 5.92 Å². The molecule has 2 aromatic carbocycles. The van der Waals surface area contributed by atoms with Crippen molar-refractivity contribution in [2.75, 3.05) is 33.5 Å². The quantitative estimate of drug-likeness (QED) is 0.0618. The molecule has 0 fully saturated rings. The lowest BCUT2D eigenvalue weighted by molar-refractivity contribution is -0.142. The number of aliphatic hydroxyl groups excluding tert-OH is 1. The van der Waals surface area contributed by atoms with Gasteiger partial charge in [0.2, 0.25) is 39.6 Å². The molecule has 1 aliphatic heterocycles. The predicted octanol–water partition coefficient (Wildman–Crippen LogP) is 4.25. The van der Waals surface area contributed by atoms with Gasteiger partial charge < -0.3 is 41.1 Å². The predicted molar refractivity (Wildman–Crippen MR) is 267 cm³/mol. The topological polar surface area (TPSA) is 286 Å². The Labute approximate surface area is 418 Å². The van der Waals surface area contributed by atoms with Gasteiger partial charge in [0, 0.05) is 63.2 Å². The number of phenolic OH excluding ortho intramolecular Hbond substituents is 2. The van der Waals surface area contributed by atoms with Crippen molar-refractivity contribution in [1.29, 1.82) is 0 Å². The van der Waals surface area contributed by atoms with E-state index >= 15 is 0 Å². The van der Waals surface area contributed by atoms with Crippen LogP contribution in [0.5, 0.6) is 11.5 Å². The number of sulfonamides is 1. The Bertz CT molecular complexity index is 2290. The van der Waals surface area contributed by atoms with Crippen molar-refractivity contribution in [3.8, 4) is 22.6 Å². The summed E-state index contributed by atoms with van der Waals surface area (Å²) in [4.78, 5) is 109. The summed E-state index contributed by atoms with van der Waals surface area (Å²) >= 11 is 0. The molecule has 0 saturated heterocycles. The van der Waals surface area contributed by atoms with Gasteiger partial charge in [-0.1, -0.05) is 103 Å². The van der Waals surface area contributed by atoms with E-state index in [1.165, 1.54) is 127 Å². The summed E-state index contributed by atoms with van der Waals surface area (Å²) in [6.07, 6.45) is 14.5. The highest BCUT2D eigenvalue weighted by molar-refractivity contribution is 7.89. The Morgan fingerprint density at radius 2 is 1.34 bits per heavy atom. The van der Waals surface area contributed by atoms with Crippen LogP contribution < -0.4 is 20.7 Å². The van der Waals surface area contributed by atoms with Crippen LogP contribution in [-0.4, -0.2) is 132 Å². The smallest absolute Gasteiger partial charge is 0.252 e. The lowest BCUT2D eigenvalue weighted by Gasteiger charge is -2.30. The van der Waals surface area contributed by atoms with Crippen LogP contribution >= 0.6 is 0 Å². The number of ketones is 2. The van der Waals surface area contributed by atoms with Crippen LogP contribution in [0.25, 0.3) is 11.1 Å². The number of hydrogen-bond acceptors (Lipinski definition) is 13. The zero-order chi connectivity index (χ0) is 52.8. The van der Waals surface area contributed by atoms with Crippen molar-refractivity contribution in [3.63, 3.8) is 0 Å². The second-order valence-electron chi connectivity index (χ2n) is 18.8. The van der Waals surface area contributed by atoms with Crippen molar-refractivity contribution in [3.05, 3.63) is 47.5 Å². The minimum atomic E-state index is -3.93. The van der Waals surface area contributed by atoms with E-state index < -0.39 is 107 Å². The number of fused-ring (bicyclic) bond motifs is 5. The highest BCUT2D eigenvalue weighted by atomic mass is 32.2. The number of unbranched alkanes of at least 4 members (excludes halogenated alkanes) is 12. The minimum absolute atomic E-state index is 0.0564. The fourth-order valence-electron chi connectivity index (χ4n) is 8.47. The van der Waals surface area contributed by atoms with E-state index in [2.05, 4.69) is 22.9 Å². The van der Waals surface area contributed by atoms with Gasteiger partial charge in [0.25, 0.3) is 5.91 Å². The highest BCUT2D eigenvalue weighted by Crippen LogP contribution is 2.39. The first-order valence-electron chi connectivity index (χ1n) is 24.8. The first kappa shape index (κ1) is 59.4. The van der Waals surface area contributed by atoms with Crippen LogP contribution in [0.15, 0.2) is 36.4 Å². The fraction of sp³-hybridized carbons (Fsp3) is 0.608. The average Bonchev–Trinajstić information content (AvgIpc) is 3.31. The summed E-state index contributed by atoms with van der Waals surface area (Å²) in [6.45, 7) is 3.63. The number of carbonyl (C=O) groups is 8. The van der Waals surface area contributed by atoms with Crippen molar-refractivity contribution >= 4 is 57.0 Å². The first-order chi connectivity index (χ1) is 33.6. The molecule has 0 radical (unpaired) electrons. The van der Waals surface area contributed by atoms with E-state index in [0.29, 0.717) is 12.0 Å². The van der Waals surface area contributed by atoms with Gasteiger partial charge in [-0.3, -0.25) is 43.1 Å². The van der Waals surface area contributed by atoms with Crippen LogP contribution in [0.1, 0.15) is 147 Å². The molecule has 394 valence electrons. The summed E-state index contributed by atoms with van der Waals surface area (Å²) in [6, 6.07) is 3.18. The van der Waals surface area contributed by atoms with E-state index in [4.69, 9.17) is 0 Å². The van der Waals surface area contributed by atoms with Crippen LogP contribution in [-0.2, 0) is 54.8 Å². The maximum Gasteiger partial charge on any atom is 0.252 e. The molecular formula is C51H76N6O13S. The molecule has 0 spiro atoms. The van der Waals surface area contributed by atoms with Gasteiger partial charge in [0.15, 0.2) is 11.6 Å². The molecule has 0 saturated carbocycles. The molecule has 71 heavy (non-hydrogen) atoms. The summed E-state index contributed by atoms with van der Waals surface area (Å²) < 4.78 is 24.7. The zero-order valence-electron chi connectivity index (χ0n) is 42.2. The van der Waals surface area contributed by atoms with Gasteiger partial charge in [0.05, 0.1) is 25.4 Å². The lowest BCUT2D eigenvalue weighted by atomic mass is 9.89. The standard InChI is InChI=1S/C51H76N6O13S/c1-7-8-9-10-11-12-13-14-15-16-17-18-19-20-46(64)56(4)40(32-58)51(68)53-34(3)41(59)25-26-47(65)57(5)48-36-22-24-43(61)38(30-36)37-28-35(21-23-42(37)60)29-39(54-49(66)33(2)27-44(48)62)50(67)52-31-45(63)55-71(6,69)70/h21-24,28,30,33-34,39-40,48,58,60-61H,7-20,25-27,29,31-32H2,1-6H3,(H,52,67)(H,53,68)(H,54,66)(H,55,63)/t33-,34-,39+,40-,48+/m1/s1. The summed E-state index contributed by atoms with van der Waals surface area (Å²) in [5.74, 6) is -7.26. The van der Waals surface area contributed by atoms with Gasteiger partial charge in [-0.25, -0.2) is 8.42 Å². The number of hydrogen-bond donors (Lipinski definition) is 7. The lowest BCUT2D eigenvalue weighted by Crippen LogP contribution is -2.53. The number of aliphatic hydroxyl groups is 1. The van der Waals surface area contributed by atoms with Crippen molar-refractivity contribution in [1.82, 2.24) is 30.5 Å². The van der Waals surface area contributed by atoms with Gasteiger partial charge in [0.1, 0.15) is 29.6 Å². The maximum atomic E-state index is 14.2. The number of rotatable bonds is 27. The molecule has 0 unspecified atom stereocenters. The molecule has 3 rings (SSSR count). The van der Waals surface area contributed by atoms with Gasteiger partial charge in [-0.2, -0.15) is 0 Å². The molecule has 7 N–H and O–H groups in total. The number of Topliss-reactive ketones (excluding diaryl/α,β-unsaturated/α-hetero) is 2. The van der Waals surface area contributed by atoms with Crippen molar-refractivity contribution in [2.45, 2.75) is 161 Å².